The second-order valence-electron chi connectivity index (χ2n) is 7.73. The number of sulfone groups is 1. The second kappa shape index (κ2) is 8.03. The third kappa shape index (κ3) is 4.00. The highest BCUT2D eigenvalue weighted by Crippen LogP contribution is 2.28. The first-order chi connectivity index (χ1) is 14.3. The zero-order valence-electron chi connectivity index (χ0n) is 17.1. The largest absolute Gasteiger partial charge is 0.307 e. The molecular formula is C24H24N2O3S. The Hall–Kier alpha value is -2.99. The third-order valence-electron chi connectivity index (χ3n) is 5.38. The van der Waals surface area contributed by atoms with Crippen molar-refractivity contribution in [1.29, 1.82) is 0 Å². The van der Waals surface area contributed by atoms with Gasteiger partial charge >= 0.3 is 0 Å². The molecule has 0 fully saturated rings. The summed E-state index contributed by atoms with van der Waals surface area (Å²) in [6.45, 7) is 4.35. The molecule has 0 aliphatic carbocycles. The molecule has 3 aromatic rings. The van der Waals surface area contributed by atoms with Gasteiger partial charge in [0.25, 0.3) is 5.91 Å². The van der Waals surface area contributed by atoms with Crippen LogP contribution in [0.25, 0.3) is 0 Å². The maximum absolute atomic E-state index is 13.2. The summed E-state index contributed by atoms with van der Waals surface area (Å²) < 4.78 is 25.9. The topological polar surface area (TPSA) is 67.3 Å². The fraction of sp³-hybridized carbons (Fsp3) is 0.250. The SMILES string of the molecule is Cc1ccc(S(=O)(=O)Cc2cccc(C(=O)N3CCCc4ccccc43)n2)c(C)c1. The summed E-state index contributed by atoms with van der Waals surface area (Å²) in [5.41, 5.74) is 4.41. The number of hydrogen-bond donors (Lipinski definition) is 0. The van der Waals surface area contributed by atoms with Crippen LogP contribution in [0.4, 0.5) is 5.69 Å². The van der Waals surface area contributed by atoms with Gasteiger partial charge in [-0.2, -0.15) is 0 Å². The van der Waals surface area contributed by atoms with E-state index in [-0.39, 0.29) is 17.4 Å². The highest BCUT2D eigenvalue weighted by atomic mass is 32.2. The van der Waals surface area contributed by atoms with Crippen LogP contribution in [-0.2, 0) is 22.0 Å². The molecule has 2 heterocycles. The molecule has 6 heteroatoms. The molecule has 4 rings (SSSR count). The molecule has 1 aliphatic rings. The van der Waals surface area contributed by atoms with Gasteiger partial charge in [-0.3, -0.25) is 4.79 Å². The number of benzene rings is 2. The van der Waals surface area contributed by atoms with Gasteiger partial charge < -0.3 is 4.90 Å². The highest BCUT2D eigenvalue weighted by Gasteiger charge is 2.25. The maximum atomic E-state index is 13.2. The first-order valence-corrected chi connectivity index (χ1v) is 11.7. The molecule has 0 N–H and O–H groups in total. The smallest absolute Gasteiger partial charge is 0.276 e. The van der Waals surface area contributed by atoms with E-state index in [1.54, 1.807) is 42.2 Å². The van der Waals surface area contributed by atoms with Crippen molar-refractivity contribution in [2.75, 3.05) is 11.4 Å². The van der Waals surface area contributed by atoms with Crippen LogP contribution in [0, 0.1) is 13.8 Å². The molecular weight excluding hydrogens is 396 g/mol. The maximum Gasteiger partial charge on any atom is 0.276 e. The summed E-state index contributed by atoms with van der Waals surface area (Å²) in [5.74, 6) is -0.442. The molecule has 154 valence electrons. The molecule has 0 spiro atoms. The predicted molar refractivity (Wildman–Crippen MR) is 117 cm³/mol. The van der Waals surface area contributed by atoms with Gasteiger partial charge in [0.1, 0.15) is 5.69 Å². The lowest BCUT2D eigenvalue weighted by atomic mass is 10.0. The molecule has 0 bridgehead atoms. The van der Waals surface area contributed by atoms with E-state index >= 15 is 0 Å². The van der Waals surface area contributed by atoms with Crippen molar-refractivity contribution in [3.63, 3.8) is 0 Å². The Labute approximate surface area is 177 Å². The number of carbonyl (C=O) groups is 1. The van der Waals surface area contributed by atoms with Crippen molar-refractivity contribution in [3.05, 3.63) is 88.7 Å². The zero-order valence-corrected chi connectivity index (χ0v) is 17.9. The first-order valence-electron chi connectivity index (χ1n) is 10.0. The number of carbonyl (C=O) groups excluding carboxylic acids is 1. The number of fused-ring (bicyclic) bond motifs is 1. The quantitative estimate of drug-likeness (QED) is 0.632. The number of para-hydroxylation sites is 1. The molecule has 1 aliphatic heterocycles. The number of pyridine rings is 1. The van der Waals surface area contributed by atoms with Gasteiger partial charge in [0.05, 0.1) is 16.3 Å². The molecule has 0 radical (unpaired) electrons. The van der Waals surface area contributed by atoms with E-state index in [9.17, 15) is 13.2 Å². The van der Waals surface area contributed by atoms with E-state index in [0.717, 1.165) is 29.7 Å². The Morgan fingerprint density at radius 2 is 1.83 bits per heavy atom. The Morgan fingerprint density at radius 3 is 2.63 bits per heavy atom. The molecule has 1 aromatic heterocycles. The van der Waals surface area contributed by atoms with Gasteiger partial charge in [-0.25, -0.2) is 13.4 Å². The van der Waals surface area contributed by atoms with Crippen LogP contribution in [0.15, 0.2) is 65.6 Å². The van der Waals surface area contributed by atoms with Crippen molar-refractivity contribution < 1.29 is 13.2 Å². The normalized spacial score (nSPS) is 13.7. The van der Waals surface area contributed by atoms with Gasteiger partial charge in [-0.15, -0.1) is 0 Å². The van der Waals surface area contributed by atoms with Crippen LogP contribution in [0.2, 0.25) is 0 Å². The highest BCUT2D eigenvalue weighted by molar-refractivity contribution is 7.90. The van der Waals surface area contributed by atoms with Gasteiger partial charge in [-0.05, 0) is 62.1 Å². The summed E-state index contributed by atoms with van der Waals surface area (Å²) in [6.07, 6.45) is 1.84. The summed E-state index contributed by atoms with van der Waals surface area (Å²) >= 11 is 0. The third-order valence-corrected chi connectivity index (χ3v) is 7.19. The Bertz CT molecular complexity index is 1220. The van der Waals surface area contributed by atoms with E-state index in [2.05, 4.69) is 4.98 Å². The molecule has 0 unspecified atom stereocenters. The average molecular weight is 421 g/mol. The average Bonchev–Trinajstić information content (AvgIpc) is 2.72. The summed E-state index contributed by atoms with van der Waals surface area (Å²) in [5, 5.41) is 0. The summed E-state index contributed by atoms with van der Waals surface area (Å²) in [4.78, 5) is 19.6. The van der Waals surface area contributed by atoms with Gasteiger partial charge in [0.15, 0.2) is 9.84 Å². The molecule has 30 heavy (non-hydrogen) atoms. The van der Waals surface area contributed by atoms with Crippen LogP contribution in [-0.4, -0.2) is 25.9 Å². The Morgan fingerprint density at radius 1 is 1.03 bits per heavy atom. The molecule has 0 saturated carbocycles. The van der Waals surface area contributed by atoms with Crippen LogP contribution >= 0.6 is 0 Å². The van der Waals surface area contributed by atoms with Crippen LogP contribution < -0.4 is 4.90 Å². The van der Waals surface area contributed by atoms with Crippen LogP contribution in [0.1, 0.15) is 39.3 Å². The minimum Gasteiger partial charge on any atom is -0.307 e. The standard InChI is InChI=1S/C24H24N2O3S/c1-17-12-13-23(18(2)15-17)30(28,29)16-20-9-5-10-21(25-20)24(27)26-14-6-8-19-7-3-4-11-22(19)26/h3-5,7,9-13,15H,6,8,14,16H2,1-2H3. The number of amides is 1. The number of rotatable bonds is 4. The van der Waals surface area contributed by atoms with Crippen molar-refractivity contribution in [2.45, 2.75) is 37.3 Å². The van der Waals surface area contributed by atoms with Crippen LogP contribution in [0.5, 0.6) is 0 Å². The number of nitrogens with zero attached hydrogens (tertiary/aromatic N) is 2. The zero-order chi connectivity index (χ0) is 21.3. The number of anilines is 1. The fourth-order valence-electron chi connectivity index (χ4n) is 3.98. The fourth-order valence-corrected chi connectivity index (χ4v) is 5.51. The van der Waals surface area contributed by atoms with Crippen molar-refractivity contribution in [1.82, 2.24) is 4.98 Å². The van der Waals surface area contributed by atoms with Crippen LogP contribution in [0.3, 0.4) is 0 Å². The molecule has 2 aromatic carbocycles. The lowest BCUT2D eigenvalue weighted by molar-refractivity contribution is 0.0980. The van der Waals surface area contributed by atoms with E-state index in [1.807, 2.05) is 37.3 Å². The number of aromatic nitrogens is 1. The summed E-state index contributed by atoms with van der Waals surface area (Å²) in [7, 11) is -3.56. The van der Waals surface area contributed by atoms with E-state index < -0.39 is 9.84 Å². The number of aryl methyl sites for hydroxylation is 3. The molecule has 0 saturated heterocycles. The molecule has 0 atom stereocenters. The van der Waals surface area contributed by atoms with Gasteiger partial charge in [0.2, 0.25) is 0 Å². The number of hydrogen-bond acceptors (Lipinski definition) is 4. The summed E-state index contributed by atoms with van der Waals surface area (Å²) in [6, 6.07) is 18.2. The Balaban J connectivity index is 1.61. The van der Waals surface area contributed by atoms with Crippen molar-refractivity contribution in [3.8, 4) is 0 Å². The second-order valence-corrected chi connectivity index (χ2v) is 9.69. The van der Waals surface area contributed by atoms with Crippen molar-refractivity contribution in [2.24, 2.45) is 0 Å². The van der Waals surface area contributed by atoms with Crippen molar-refractivity contribution >= 4 is 21.4 Å². The molecule has 5 nitrogen and oxygen atoms in total. The Kier molecular flexibility index (Phi) is 5.43. The molecule has 1 amide bonds. The lowest BCUT2D eigenvalue weighted by Gasteiger charge is -2.29. The van der Waals surface area contributed by atoms with Gasteiger partial charge in [-0.1, -0.05) is 42.0 Å². The van der Waals surface area contributed by atoms with E-state index in [0.29, 0.717) is 22.7 Å². The predicted octanol–water partition coefficient (Wildman–Crippen LogP) is 4.27. The monoisotopic (exact) mass is 420 g/mol. The van der Waals surface area contributed by atoms with E-state index in [1.165, 1.54) is 0 Å². The minimum absolute atomic E-state index is 0.201. The van der Waals surface area contributed by atoms with Gasteiger partial charge in [0, 0.05) is 12.2 Å². The minimum atomic E-state index is -3.56. The lowest BCUT2D eigenvalue weighted by Crippen LogP contribution is -2.36. The van der Waals surface area contributed by atoms with E-state index in [4.69, 9.17) is 0 Å². The first kappa shape index (κ1) is 20.3.